The third kappa shape index (κ3) is 4.42. The van der Waals surface area contributed by atoms with E-state index in [1.807, 2.05) is 13.8 Å². The fourth-order valence-corrected chi connectivity index (χ4v) is 7.34. The van der Waals surface area contributed by atoms with Gasteiger partial charge in [-0.1, -0.05) is 29.8 Å². The summed E-state index contributed by atoms with van der Waals surface area (Å²) in [5.74, 6) is -0.0239. The van der Waals surface area contributed by atoms with Gasteiger partial charge in [0.2, 0.25) is 10.0 Å². The average molecular weight is 390 g/mol. The van der Waals surface area contributed by atoms with Gasteiger partial charge in [0, 0.05) is 17.9 Å². The first kappa shape index (κ1) is 18.4. The van der Waals surface area contributed by atoms with E-state index >= 15 is 0 Å². The third-order valence-electron chi connectivity index (χ3n) is 3.90. The van der Waals surface area contributed by atoms with Crippen molar-refractivity contribution < 1.29 is 16.8 Å². The van der Waals surface area contributed by atoms with Crippen molar-refractivity contribution in [3.8, 4) is 0 Å². The highest BCUT2D eigenvalue weighted by Gasteiger charge is 2.38. The van der Waals surface area contributed by atoms with Crippen molar-refractivity contribution in [1.82, 2.24) is 4.31 Å². The van der Waals surface area contributed by atoms with E-state index in [0.717, 1.165) is 12.8 Å². The van der Waals surface area contributed by atoms with Gasteiger partial charge in [0.15, 0.2) is 0 Å². The van der Waals surface area contributed by atoms with Crippen molar-refractivity contribution in [1.29, 1.82) is 0 Å². The van der Waals surface area contributed by atoms with Crippen molar-refractivity contribution in [2.24, 2.45) is 0 Å². The molecule has 0 amide bonds. The Morgan fingerprint density at radius 1 is 1.20 bits per heavy atom. The minimum Gasteiger partial charge on any atom is -0.229 e. The second-order valence-electron chi connectivity index (χ2n) is 5.17. The van der Waals surface area contributed by atoms with Crippen LogP contribution in [0.2, 0.25) is 0 Å². The van der Waals surface area contributed by atoms with Gasteiger partial charge in [0.1, 0.15) is 9.84 Å². The van der Waals surface area contributed by atoms with Crippen LogP contribution < -0.4 is 0 Å². The lowest BCUT2D eigenvalue weighted by Crippen LogP contribution is -2.47. The van der Waals surface area contributed by atoms with E-state index in [0.29, 0.717) is 11.9 Å². The Morgan fingerprint density at radius 3 is 2.10 bits per heavy atom. The topological polar surface area (TPSA) is 71.5 Å². The van der Waals surface area contributed by atoms with Crippen LogP contribution in [0.15, 0.2) is 0 Å². The molecular formula is C12H24BrNO4S2. The largest absolute Gasteiger partial charge is 0.229 e. The zero-order chi connectivity index (χ0) is 15.4. The number of hydrogen-bond donors (Lipinski definition) is 0. The smallest absolute Gasteiger partial charge is 0.217 e. The Morgan fingerprint density at radius 2 is 1.70 bits per heavy atom. The fraction of sp³-hybridized carbons (Fsp3) is 1.00. The zero-order valence-corrected chi connectivity index (χ0v) is 15.3. The molecule has 1 heterocycles. The standard InChI is InChI=1S/C12H24BrNO4S2/c1-3-11(4-2)14(8-7-13)20(17,18)12-5-9-19(15,16)10-6-12/h11-12H,3-10H2,1-2H3. The van der Waals surface area contributed by atoms with Crippen LogP contribution in [0.25, 0.3) is 0 Å². The maximum absolute atomic E-state index is 12.8. The number of rotatable bonds is 7. The van der Waals surface area contributed by atoms with Gasteiger partial charge < -0.3 is 0 Å². The predicted octanol–water partition coefficient (Wildman–Crippen LogP) is 1.78. The van der Waals surface area contributed by atoms with E-state index in [-0.39, 0.29) is 30.4 Å². The second-order valence-corrected chi connectivity index (χ2v) is 10.4. The Balaban J connectivity index is 2.93. The summed E-state index contributed by atoms with van der Waals surface area (Å²) in [4.78, 5) is 0. The normalized spacial score (nSPS) is 20.6. The summed E-state index contributed by atoms with van der Waals surface area (Å²) in [6.07, 6.45) is 1.99. The first-order chi connectivity index (χ1) is 9.28. The monoisotopic (exact) mass is 389 g/mol. The van der Waals surface area contributed by atoms with Crippen molar-refractivity contribution in [3.05, 3.63) is 0 Å². The highest BCUT2D eigenvalue weighted by Crippen LogP contribution is 2.25. The SMILES string of the molecule is CCC(CC)N(CCBr)S(=O)(=O)C1CCS(=O)(=O)CC1. The molecule has 5 nitrogen and oxygen atoms in total. The molecule has 0 aromatic rings. The molecule has 1 saturated heterocycles. The minimum absolute atomic E-state index is 0.00363. The van der Waals surface area contributed by atoms with Crippen LogP contribution in [0, 0.1) is 0 Å². The molecule has 0 saturated carbocycles. The van der Waals surface area contributed by atoms with Crippen LogP contribution in [0.5, 0.6) is 0 Å². The molecule has 20 heavy (non-hydrogen) atoms. The minimum atomic E-state index is -3.42. The molecular weight excluding hydrogens is 366 g/mol. The number of sulfone groups is 1. The molecule has 0 spiro atoms. The molecule has 0 unspecified atom stereocenters. The van der Waals surface area contributed by atoms with Crippen LogP contribution >= 0.6 is 15.9 Å². The lowest BCUT2D eigenvalue weighted by molar-refractivity contribution is 0.312. The van der Waals surface area contributed by atoms with E-state index in [4.69, 9.17) is 0 Å². The Bertz CT molecular complexity index is 486. The van der Waals surface area contributed by atoms with Gasteiger partial charge in [-0.3, -0.25) is 0 Å². The molecule has 0 bridgehead atoms. The number of sulfonamides is 1. The van der Waals surface area contributed by atoms with Crippen LogP contribution in [-0.2, 0) is 19.9 Å². The molecule has 0 radical (unpaired) electrons. The van der Waals surface area contributed by atoms with Crippen LogP contribution in [0.1, 0.15) is 39.5 Å². The molecule has 0 aromatic heterocycles. The van der Waals surface area contributed by atoms with Gasteiger partial charge in [-0.2, -0.15) is 4.31 Å². The van der Waals surface area contributed by atoms with E-state index in [1.165, 1.54) is 0 Å². The Labute approximate surface area is 131 Å². The van der Waals surface area contributed by atoms with Gasteiger partial charge in [0.25, 0.3) is 0 Å². The molecule has 1 rings (SSSR count). The Hall–Kier alpha value is 0.340. The van der Waals surface area contributed by atoms with E-state index in [2.05, 4.69) is 15.9 Å². The lowest BCUT2D eigenvalue weighted by Gasteiger charge is -2.34. The summed E-state index contributed by atoms with van der Waals surface area (Å²) >= 11 is 3.31. The summed E-state index contributed by atoms with van der Waals surface area (Å²) in [7, 11) is -6.46. The van der Waals surface area contributed by atoms with Gasteiger partial charge in [-0.25, -0.2) is 16.8 Å². The van der Waals surface area contributed by atoms with Gasteiger partial charge >= 0.3 is 0 Å². The maximum Gasteiger partial charge on any atom is 0.217 e. The number of halogens is 1. The number of hydrogen-bond acceptors (Lipinski definition) is 4. The van der Waals surface area contributed by atoms with E-state index < -0.39 is 25.1 Å². The summed E-state index contributed by atoms with van der Waals surface area (Å²) in [5.41, 5.74) is 0. The zero-order valence-electron chi connectivity index (χ0n) is 12.1. The first-order valence-corrected chi connectivity index (χ1v) is 11.5. The van der Waals surface area contributed by atoms with Crippen molar-refractivity contribution >= 4 is 35.8 Å². The molecule has 0 aromatic carbocycles. The highest BCUT2D eigenvalue weighted by molar-refractivity contribution is 9.09. The van der Waals surface area contributed by atoms with E-state index in [1.54, 1.807) is 4.31 Å². The number of nitrogens with zero attached hydrogens (tertiary/aromatic N) is 1. The fourth-order valence-electron chi connectivity index (χ4n) is 2.65. The summed E-state index contributed by atoms with van der Waals surface area (Å²) in [5, 5.41) is 0.0407. The molecule has 1 fully saturated rings. The predicted molar refractivity (Wildman–Crippen MR) is 85.5 cm³/mol. The Kier molecular flexibility index (Phi) is 6.95. The molecule has 1 aliphatic rings. The molecule has 0 atom stereocenters. The highest BCUT2D eigenvalue weighted by atomic mass is 79.9. The number of alkyl halides is 1. The molecule has 8 heteroatoms. The first-order valence-electron chi connectivity index (χ1n) is 7.05. The summed E-state index contributed by atoms with van der Waals surface area (Å²) in [6.45, 7) is 4.41. The third-order valence-corrected chi connectivity index (χ3v) is 8.42. The van der Waals surface area contributed by atoms with Gasteiger partial charge in [0.05, 0.1) is 16.8 Å². The quantitative estimate of drug-likeness (QED) is 0.622. The maximum atomic E-state index is 12.8. The van der Waals surface area contributed by atoms with Crippen molar-refractivity contribution in [3.63, 3.8) is 0 Å². The van der Waals surface area contributed by atoms with Gasteiger partial charge in [-0.05, 0) is 25.7 Å². The molecule has 0 N–H and O–H groups in total. The average Bonchev–Trinajstić information content (AvgIpc) is 2.38. The molecule has 1 aliphatic heterocycles. The van der Waals surface area contributed by atoms with Crippen molar-refractivity contribution in [2.45, 2.75) is 50.8 Å². The second kappa shape index (κ2) is 7.56. The van der Waals surface area contributed by atoms with Crippen LogP contribution in [0.3, 0.4) is 0 Å². The lowest BCUT2D eigenvalue weighted by atomic mass is 10.2. The van der Waals surface area contributed by atoms with Crippen molar-refractivity contribution in [2.75, 3.05) is 23.4 Å². The van der Waals surface area contributed by atoms with E-state index in [9.17, 15) is 16.8 Å². The summed E-state index contributed by atoms with van der Waals surface area (Å²) < 4.78 is 50.0. The van der Waals surface area contributed by atoms with Crippen LogP contribution in [0.4, 0.5) is 0 Å². The molecule has 0 aliphatic carbocycles. The molecule has 120 valence electrons. The van der Waals surface area contributed by atoms with Gasteiger partial charge in [-0.15, -0.1) is 0 Å². The summed E-state index contributed by atoms with van der Waals surface area (Å²) in [6, 6.07) is -0.00363. The van der Waals surface area contributed by atoms with Crippen LogP contribution in [-0.4, -0.2) is 55.8 Å².